The standard InChI is InChI=1S/C11H18N2O4/c1-7(8(14)9-12-5-6-16-9)13-10(15)17-11(2,3)4/h5-8,14H,1-4H3,(H,13,15). The largest absolute Gasteiger partial charge is 0.446 e. The summed E-state index contributed by atoms with van der Waals surface area (Å²) in [6.07, 6.45) is 1.20. The van der Waals surface area contributed by atoms with Gasteiger partial charge in [-0.05, 0) is 27.7 Å². The van der Waals surface area contributed by atoms with Crippen LogP contribution in [0.25, 0.3) is 0 Å². The van der Waals surface area contributed by atoms with Crippen molar-refractivity contribution < 1.29 is 19.1 Å². The minimum Gasteiger partial charge on any atom is -0.446 e. The summed E-state index contributed by atoms with van der Waals surface area (Å²) in [6.45, 7) is 6.93. The number of rotatable bonds is 3. The Morgan fingerprint density at radius 2 is 2.24 bits per heavy atom. The van der Waals surface area contributed by atoms with E-state index < -0.39 is 23.8 Å². The van der Waals surface area contributed by atoms with Crippen LogP contribution in [0.2, 0.25) is 0 Å². The first kappa shape index (κ1) is 13.5. The van der Waals surface area contributed by atoms with Gasteiger partial charge in [0.15, 0.2) is 0 Å². The second-order valence-corrected chi connectivity index (χ2v) is 4.75. The van der Waals surface area contributed by atoms with Gasteiger partial charge in [0.05, 0.1) is 12.2 Å². The Morgan fingerprint density at radius 3 is 2.71 bits per heavy atom. The first-order valence-corrected chi connectivity index (χ1v) is 5.36. The van der Waals surface area contributed by atoms with Crippen molar-refractivity contribution in [1.29, 1.82) is 0 Å². The molecule has 96 valence electrons. The summed E-state index contributed by atoms with van der Waals surface area (Å²) in [5.41, 5.74) is -0.572. The van der Waals surface area contributed by atoms with E-state index >= 15 is 0 Å². The van der Waals surface area contributed by atoms with Gasteiger partial charge in [0.25, 0.3) is 0 Å². The normalized spacial score (nSPS) is 15.1. The molecule has 0 aromatic carbocycles. The monoisotopic (exact) mass is 242 g/mol. The number of aliphatic hydroxyl groups is 1. The molecular formula is C11H18N2O4. The molecule has 0 aliphatic rings. The van der Waals surface area contributed by atoms with E-state index in [1.54, 1.807) is 27.7 Å². The molecule has 1 aromatic heterocycles. The minimum atomic E-state index is -1.00. The summed E-state index contributed by atoms with van der Waals surface area (Å²) in [7, 11) is 0. The van der Waals surface area contributed by atoms with Gasteiger partial charge in [-0.3, -0.25) is 0 Å². The molecule has 1 heterocycles. The molecule has 1 amide bonds. The summed E-state index contributed by atoms with van der Waals surface area (Å²) < 4.78 is 10.0. The third-order valence-electron chi connectivity index (χ3n) is 1.92. The van der Waals surface area contributed by atoms with Crippen LogP contribution in [0.1, 0.15) is 39.7 Å². The van der Waals surface area contributed by atoms with E-state index in [4.69, 9.17) is 9.15 Å². The number of nitrogens with one attached hydrogen (secondary N) is 1. The van der Waals surface area contributed by atoms with E-state index in [0.29, 0.717) is 0 Å². The van der Waals surface area contributed by atoms with Crippen LogP contribution in [-0.2, 0) is 4.74 Å². The van der Waals surface area contributed by atoms with Crippen molar-refractivity contribution in [3.8, 4) is 0 Å². The molecule has 6 nitrogen and oxygen atoms in total. The zero-order valence-corrected chi connectivity index (χ0v) is 10.4. The lowest BCUT2D eigenvalue weighted by molar-refractivity contribution is 0.0408. The van der Waals surface area contributed by atoms with E-state index in [0.717, 1.165) is 0 Å². The van der Waals surface area contributed by atoms with Crippen LogP contribution in [0.3, 0.4) is 0 Å². The summed E-state index contributed by atoms with van der Waals surface area (Å²) in [4.78, 5) is 15.3. The molecule has 0 fully saturated rings. The second kappa shape index (κ2) is 5.18. The third kappa shape index (κ3) is 4.44. The van der Waals surface area contributed by atoms with Crippen LogP contribution in [-0.4, -0.2) is 27.8 Å². The maximum atomic E-state index is 11.4. The number of nitrogens with zero attached hydrogens (tertiary/aromatic N) is 1. The van der Waals surface area contributed by atoms with Crippen LogP contribution in [0, 0.1) is 0 Å². The molecule has 2 unspecified atom stereocenters. The zero-order valence-electron chi connectivity index (χ0n) is 10.4. The van der Waals surface area contributed by atoms with E-state index in [-0.39, 0.29) is 5.89 Å². The fraction of sp³-hybridized carbons (Fsp3) is 0.636. The highest BCUT2D eigenvalue weighted by Gasteiger charge is 2.24. The first-order chi connectivity index (χ1) is 7.79. The Hall–Kier alpha value is -1.56. The Balaban J connectivity index is 2.49. The molecule has 17 heavy (non-hydrogen) atoms. The lowest BCUT2D eigenvalue weighted by Gasteiger charge is -2.23. The predicted molar refractivity (Wildman–Crippen MR) is 60.3 cm³/mol. The van der Waals surface area contributed by atoms with Crippen molar-refractivity contribution in [2.75, 3.05) is 0 Å². The number of aromatic nitrogens is 1. The summed E-state index contributed by atoms with van der Waals surface area (Å²) >= 11 is 0. The van der Waals surface area contributed by atoms with Gasteiger partial charge in [-0.1, -0.05) is 0 Å². The summed E-state index contributed by atoms with van der Waals surface area (Å²) in [5.74, 6) is 0.161. The van der Waals surface area contributed by atoms with E-state index in [1.807, 2.05) is 0 Å². The van der Waals surface area contributed by atoms with Crippen molar-refractivity contribution in [3.05, 3.63) is 18.4 Å². The second-order valence-electron chi connectivity index (χ2n) is 4.75. The van der Waals surface area contributed by atoms with Crippen molar-refractivity contribution in [3.63, 3.8) is 0 Å². The maximum absolute atomic E-state index is 11.4. The highest BCUT2D eigenvalue weighted by Crippen LogP contribution is 2.15. The SMILES string of the molecule is CC(NC(=O)OC(C)(C)C)C(O)c1ncco1. The average molecular weight is 242 g/mol. The Labute approximate surface area is 100.0 Å². The number of aliphatic hydroxyl groups excluding tert-OH is 1. The van der Waals surface area contributed by atoms with Crippen LogP contribution in [0.5, 0.6) is 0 Å². The summed E-state index contributed by atoms with van der Waals surface area (Å²) in [5, 5.41) is 12.3. The molecule has 1 aromatic rings. The minimum absolute atomic E-state index is 0.161. The van der Waals surface area contributed by atoms with E-state index in [2.05, 4.69) is 10.3 Å². The number of hydrogen-bond acceptors (Lipinski definition) is 5. The van der Waals surface area contributed by atoms with Gasteiger partial charge in [-0.25, -0.2) is 9.78 Å². The lowest BCUT2D eigenvalue weighted by Crippen LogP contribution is -2.40. The van der Waals surface area contributed by atoms with Crippen molar-refractivity contribution in [1.82, 2.24) is 10.3 Å². The molecule has 0 aliphatic heterocycles. The van der Waals surface area contributed by atoms with Crippen molar-refractivity contribution >= 4 is 6.09 Å². The number of ether oxygens (including phenoxy) is 1. The third-order valence-corrected chi connectivity index (χ3v) is 1.92. The van der Waals surface area contributed by atoms with Gasteiger partial charge < -0.3 is 19.6 Å². The van der Waals surface area contributed by atoms with Crippen molar-refractivity contribution in [2.45, 2.75) is 45.4 Å². The molecular weight excluding hydrogens is 224 g/mol. The van der Waals surface area contributed by atoms with E-state index in [9.17, 15) is 9.90 Å². The molecule has 0 spiro atoms. The van der Waals surface area contributed by atoms with Gasteiger partial charge in [-0.2, -0.15) is 0 Å². The predicted octanol–water partition coefficient (Wildman–Crippen LogP) is 1.62. The van der Waals surface area contributed by atoms with Gasteiger partial charge in [0.1, 0.15) is 18.0 Å². The number of carbonyl (C=O) groups is 1. The fourth-order valence-corrected chi connectivity index (χ4v) is 1.17. The number of oxazole rings is 1. The fourth-order valence-electron chi connectivity index (χ4n) is 1.17. The lowest BCUT2D eigenvalue weighted by atomic mass is 10.2. The molecule has 0 radical (unpaired) electrons. The molecule has 0 bridgehead atoms. The molecule has 2 atom stereocenters. The number of hydrogen-bond donors (Lipinski definition) is 2. The number of carbonyl (C=O) groups excluding carboxylic acids is 1. The molecule has 6 heteroatoms. The Bertz CT molecular complexity index is 356. The van der Waals surface area contributed by atoms with Gasteiger partial charge in [0.2, 0.25) is 5.89 Å². The van der Waals surface area contributed by atoms with E-state index in [1.165, 1.54) is 12.5 Å². The number of amides is 1. The quantitative estimate of drug-likeness (QED) is 0.841. The first-order valence-electron chi connectivity index (χ1n) is 5.36. The topological polar surface area (TPSA) is 84.6 Å². The summed E-state index contributed by atoms with van der Waals surface area (Å²) in [6, 6.07) is -0.552. The van der Waals surface area contributed by atoms with Crippen LogP contribution < -0.4 is 5.32 Å². The van der Waals surface area contributed by atoms with Crippen LogP contribution in [0.4, 0.5) is 4.79 Å². The number of alkyl carbamates (subject to hydrolysis) is 1. The molecule has 2 N–H and O–H groups in total. The average Bonchev–Trinajstić information content (AvgIpc) is 2.65. The molecule has 1 rings (SSSR count). The molecule has 0 aliphatic carbocycles. The van der Waals surface area contributed by atoms with Gasteiger partial charge >= 0.3 is 6.09 Å². The smallest absolute Gasteiger partial charge is 0.407 e. The Kier molecular flexibility index (Phi) is 4.11. The maximum Gasteiger partial charge on any atom is 0.407 e. The Morgan fingerprint density at radius 1 is 1.59 bits per heavy atom. The van der Waals surface area contributed by atoms with Crippen molar-refractivity contribution in [2.24, 2.45) is 0 Å². The zero-order chi connectivity index (χ0) is 13.1. The molecule has 0 saturated carbocycles. The highest BCUT2D eigenvalue weighted by molar-refractivity contribution is 5.68. The van der Waals surface area contributed by atoms with Gasteiger partial charge in [-0.15, -0.1) is 0 Å². The highest BCUT2D eigenvalue weighted by atomic mass is 16.6. The van der Waals surface area contributed by atoms with Crippen LogP contribution >= 0.6 is 0 Å². The van der Waals surface area contributed by atoms with Crippen LogP contribution in [0.15, 0.2) is 16.9 Å². The van der Waals surface area contributed by atoms with Gasteiger partial charge in [0, 0.05) is 0 Å². The molecule has 0 saturated heterocycles.